The smallest absolute Gasteiger partial charge is 0.249 e. The van der Waals surface area contributed by atoms with Gasteiger partial charge in [-0.05, 0) is 91.8 Å². The van der Waals surface area contributed by atoms with Crippen LogP contribution in [0.4, 0.5) is 17.1 Å². The SMILES string of the molecule is c1ccc(N2c3ccccc3B3c4ccccc4Sc4cc(-c5cccc6c5C5c7ccccc7C6c6ccccc65)cc2c43)cc1. The van der Waals surface area contributed by atoms with E-state index in [-0.39, 0.29) is 18.5 Å². The van der Waals surface area contributed by atoms with Gasteiger partial charge in [0.25, 0.3) is 0 Å². The third-order valence-corrected chi connectivity index (χ3v) is 12.0. The maximum Gasteiger partial charge on any atom is 0.249 e. The van der Waals surface area contributed by atoms with Gasteiger partial charge in [-0.2, -0.15) is 0 Å². The number of benzene rings is 7. The molecule has 5 aliphatic rings. The topological polar surface area (TPSA) is 3.24 Å². The Morgan fingerprint density at radius 3 is 1.85 bits per heavy atom. The molecule has 0 radical (unpaired) electrons. The molecule has 7 aromatic carbocycles. The average Bonchev–Trinajstić information content (AvgIpc) is 3.14. The summed E-state index contributed by atoms with van der Waals surface area (Å²) in [6.45, 7) is 0.196. The summed E-state index contributed by atoms with van der Waals surface area (Å²) in [6.07, 6.45) is 0. The van der Waals surface area contributed by atoms with Crippen LogP contribution >= 0.6 is 11.8 Å². The normalized spacial score (nSPS) is 17.2. The molecule has 2 aliphatic heterocycles. The number of hydrogen-bond acceptors (Lipinski definition) is 2. The first-order chi connectivity index (χ1) is 23.3. The van der Waals surface area contributed by atoms with Crippen molar-refractivity contribution in [3.63, 3.8) is 0 Å². The standard InChI is InChI=1S/C44H28BNS/c1-2-13-28(14-3-1)46-37-23-10-8-21-35(37)45-36-22-9-11-24-39(36)47-40-26-27(25-38(46)44(40)45)29-19-12-20-34-41-30-15-4-6-17-32(30)43(42(29)34)33-18-7-5-16-31(33)41/h1-26,41,43H. The maximum absolute atomic E-state index is 2.51. The van der Waals surface area contributed by atoms with Crippen molar-refractivity contribution in [1.29, 1.82) is 0 Å². The highest BCUT2D eigenvalue weighted by Crippen LogP contribution is 2.58. The van der Waals surface area contributed by atoms with Crippen molar-refractivity contribution < 1.29 is 0 Å². The first-order valence-corrected chi connectivity index (χ1v) is 17.4. The van der Waals surface area contributed by atoms with Crippen molar-refractivity contribution in [2.45, 2.75) is 21.6 Å². The molecule has 2 bridgehead atoms. The number of anilines is 3. The first-order valence-electron chi connectivity index (χ1n) is 16.5. The molecule has 218 valence electrons. The zero-order valence-corrected chi connectivity index (χ0v) is 26.4. The van der Waals surface area contributed by atoms with Gasteiger partial charge in [0, 0.05) is 38.7 Å². The minimum absolute atomic E-state index is 0.196. The van der Waals surface area contributed by atoms with E-state index in [0.717, 1.165) is 0 Å². The van der Waals surface area contributed by atoms with E-state index in [1.54, 1.807) is 0 Å². The van der Waals surface area contributed by atoms with Crippen LogP contribution in [0.5, 0.6) is 0 Å². The first kappa shape index (κ1) is 25.9. The molecule has 0 aromatic heterocycles. The summed E-state index contributed by atoms with van der Waals surface area (Å²) in [7, 11) is 0. The van der Waals surface area contributed by atoms with Gasteiger partial charge in [0.15, 0.2) is 0 Å². The summed E-state index contributed by atoms with van der Waals surface area (Å²) in [4.78, 5) is 5.22. The molecule has 2 heterocycles. The van der Waals surface area contributed by atoms with Crippen LogP contribution in [0.3, 0.4) is 0 Å². The molecule has 3 heteroatoms. The largest absolute Gasteiger partial charge is 0.311 e. The Morgan fingerprint density at radius 1 is 0.468 bits per heavy atom. The van der Waals surface area contributed by atoms with E-state index in [0.29, 0.717) is 0 Å². The predicted octanol–water partition coefficient (Wildman–Crippen LogP) is 9.10. The van der Waals surface area contributed by atoms with Gasteiger partial charge < -0.3 is 4.90 Å². The summed E-state index contributed by atoms with van der Waals surface area (Å²) in [5.74, 6) is 0.481. The lowest BCUT2D eigenvalue weighted by atomic mass is 9.35. The molecule has 0 unspecified atom stereocenters. The van der Waals surface area contributed by atoms with E-state index >= 15 is 0 Å². The van der Waals surface area contributed by atoms with E-state index in [1.807, 2.05) is 11.8 Å². The maximum atomic E-state index is 2.51. The summed E-state index contributed by atoms with van der Waals surface area (Å²) in [5, 5.41) is 0. The second-order valence-corrected chi connectivity index (χ2v) is 14.2. The second-order valence-electron chi connectivity index (χ2n) is 13.1. The van der Waals surface area contributed by atoms with Crippen LogP contribution in [-0.4, -0.2) is 6.71 Å². The minimum Gasteiger partial charge on any atom is -0.311 e. The summed E-state index contributed by atoms with van der Waals surface area (Å²) < 4.78 is 0. The lowest BCUT2D eigenvalue weighted by Crippen LogP contribution is -2.59. The fourth-order valence-corrected chi connectivity index (χ4v) is 10.3. The lowest BCUT2D eigenvalue weighted by Gasteiger charge is -2.43. The molecular weight excluding hydrogens is 585 g/mol. The molecule has 0 atom stereocenters. The second kappa shape index (κ2) is 9.64. The summed E-state index contributed by atoms with van der Waals surface area (Å²) in [5.41, 5.74) is 19.3. The van der Waals surface area contributed by atoms with Crippen LogP contribution in [0.25, 0.3) is 11.1 Å². The van der Waals surface area contributed by atoms with Crippen molar-refractivity contribution in [3.8, 4) is 11.1 Å². The number of nitrogens with zero attached hydrogens (tertiary/aromatic N) is 1. The van der Waals surface area contributed by atoms with Crippen molar-refractivity contribution in [2.75, 3.05) is 4.90 Å². The van der Waals surface area contributed by atoms with E-state index in [4.69, 9.17) is 0 Å². The molecule has 0 saturated heterocycles. The van der Waals surface area contributed by atoms with Gasteiger partial charge in [0.2, 0.25) is 6.71 Å². The molecule has 12 rings (SSSR count). The fraction of sp³-hybridized carbons (Fsp3) is 0.0455. The number of hydrogen-bond donors (Lipinski definition) is 0. The molecule has 0 amide bonds. The molecular formula is C44H28BNS. The Kier molecular flexibility index (Phi) is 5.31. The Morgan fingerprint density at radius 2 is 1.09 bits per heavy atom. The Balaban J connectivity index is 1.20. The van der Waals surface area contributed by atoms with Gasteiger partial charge in [-0.15, -0.1) is 0 Å². The molecule has 1 nitrogen and oxygen atoms in total. The third-order valence-electron chi connectivity index (χ3n) is 10.9. The number of fused-ring (bicyclic) bond motifs is 4. The molecule has 7 aromatic rings. The Bertz CT molecular complexity index is 2380. The van der Waals surface area contributed by atoms with Crippen molar-refractivity contribution in [2.24, 2.45) is 0 Å². The molecule has 0 N–H and O–H groups in total. The van der Waals surface area contributed by atoms with E-state index in [9.17, 15) is 0 Å². The van der Waals surface area contributed by atoms with Crippen LogP contribution < -0.4 is 21.3 Å². The van der Waals surface area contributed by atoms with E-state index in [1.165, 1.54) is 87.7 Å². The zero-order valence-electron chi connectivity index (χ0n) is 25.6. The minimum atomic E-state index is 0.196. The zero-order chi connectivity index (χ0) is 30.6. The molecule has 47 heavy (non-hydrogen) atoms. The highest BCUT2D eigenvalue weighted by molar-refractivity contribution is 8.00. The number of para-hydroxylation sites is 2. The fourth-order valence-electron chi connectivity index (χ4n) is 9.12. The highest BCUT2D eigenvalue weighted by Gasteiger charge is 2.44. The predicted molar refractivity (Wildman–Crippen MR) is 197 cm³/mol. The monoisotopic (exact) mass is 613 g/mol. The van der Waals surface area contributed by atoms with Gasteiger partial charge in [-0.1, -0.05) is 139 Å². The number of rotatable bonds is 2. The van der Waals surface area contributed by atoms with Crippen LogP contribution in [0, 0.1) is 0 Å². The van der Waals surface area contributed by atoms with Crippen LogP contribution in [0.1, 0.15) is 45.2 Å². The third kappa shape index (κ3) is 3.47. The van der Waals surface area contributed by atoms with Gasteiger partial charge in [0.1, 0.15) is 0 Å². The Hall–Kier alpha value is -5.25. The summed E-state index contributed by atoms with van der Waals surface area (Å²) in [6, 6.07) is 59.3. The quantitative estimate of drug-likeness (QED) is 0.179. The van der Waals surface area contributed by atoms with Crippen LogP contribution in [-0.2, 0) is 0 Å². The van der Waals surface area contributed by atoms with Crippen molar-refractivity contribution in [3.05, 3.63) is 191 Å². The lowest BCUT2D eigenvalue weighted by molar-refractivity contribution is 0.756. The molecule has 0 fully saturated rings. The Labute approximate surface area is 279 Å². The molecule has 0 spiro atoms. The van der Waals surface area contributed by atoms with Crippen LogP contribution in [0.15, 0.2) is 168 Å². The van der Waals surface area contributed by atoms with Gasteiger partial charge in [-0.3, -0.25) is 0 Å². The average molecular weight is 614 g/mol. The highest BCUT2D eigenvalue weighted by atomic mass is 32.2. The summed E-state index contributed by atoms with van der Waals surface area (Å²) >= 11 is 1.93. The van der Waals surface area contributed by atoms with Gasteiger partial charge >= 0.3 is 0 Å². The van der Waals surface area contributed by atoms with Crippen molar-refractivity contribution in [1.82, 2.24) is 0 Å². The van der Waals surface area contributed by atoms with Crippen LogP contribution in [0.2, 0.25) is 0 Å². The molecule has 0 saturated carbocycles. The van der Waals surface area contributed by atoms with Gasteiger partial charge in [-0.25, -0.2) is 0 Å². The van der Waals surface area contributed by atoms with E-state index < -0.39 is 0 Å². The molecule has 3 aliphatic carbocycles. The van der Waals surface area contributed by atoms with E-state index in [2.05, 4.69) is 163 Å². The van der Waals surface area contributed by atoms with Gasteiger partial charge in [0.05, 0.1) is 0 Å². The van der Waals surface area contributed by atoms with Crippen molar-refractivity contribution >= 4 is 51.9 Å².